The molecular formula is C19H24N4O2. The van der Waals surface area contributed by atoms with Crippen LogP contribution in [-0.2, 0) is 29.4 Å². The number of amides is 1. The maximum atomic E-state index is 12.9. The molecule has 0 unspecified atom stereocenters. The summed E-state index contributed by atoms with van der Waals surface area (Å²) in [6, 6.07) is 5.62. The van der Waals surface area contributed by atoms with Crippen LogP contribution < -0.4 is 0 Å². The van der Waals surface area contributed by atoms with Gasteiger partial charge in [0.1, 0.15) is 0 Å². The summed E-state index contributed by atoms with van der Waals surface area (Å²) in [5, 5.41) is 4.39. The Morgan fingerprint density at radius 3 is 2.96 bits per heavy atom. The van der Waals surface area contributed by atoms with Gasteiger partial charge in [-0.3, -0.25) is 14.5 Å². The third-order valence-electron chi connectivity index (χ3n) is 5.08. The molecule has 6 nitrogen and oxygen atoms in total. The Morgan fingerprint density at radius 1 is 1.32 bits per heavy atom. The summed E-state index contributed by atoms with van der Waals surface area (Å²) in [6.07, 6.45) is 7.36. The van der Waals surface area contributed by atoms with Gasteiger partial charge >= 0.3 is 0 Å². The van der Waals surface area contributed by atoms with Gasteiger partial charge in [0.2, 0.25) is 5.91 Å². The fraction of sp³-hybridized carbons (Fsp3) is 0.526. The number of hydrogen-bond acceptors (Lipinski definition) is 4. The molecule has 1 aliphatic heterocycles. The normalized spacial score (nSPS) is 19.7. The van der Waals surface area contributed by atoms with Crippen molar-refractivity contribution in [2.24, 2.45) is 13.0 Å². The molecule has 1 aliphatic carbocycles. The molecule has 0 N–H and O–H groups in total. The third kappa shape index (κ3) is 3.58. The molecule has 25 heavy (non-hydrogen) atoms. The van der Waals surface area contributed by atoms with E-state index >= 15 is 0 Å². The van der Waals surface area contributed by atoms with Crippen molar-refractivity contribution in [1.29, 1.82) is 0 Å². The van der Waals surface area contributed by atoms with Gasteiger partial charge < -0.3 is 9.64 Å². The highest BCUT2D eigenvalue weighted by Gasteiger charge is 2.34. The van der Waals surface area contributed by atoms with Gasteiger partial charge in [-0.2, -0.15) is 5.10 Å². The van der Waals surface area contributed by atoms with Crippen LogP contribution in [0.1, 0.15) is 35.8 Å². The number of aromatic nitrogens is 3. The molecule has 2 aromatic rings. The highest BCUT2D eigenvalue weighted by molar-refractivity contribution is 5.79. The van der Waals surface area contributed by atoms with Crippen LogP contribution in [0.4, 0.5) is 0 Å². The zero-order valence-corrected chi connectivity index (χ0v) is 14.6. The average Bonchev–Trinajstić information content (AvgIpc) is 3.37. The van der Waals surface area contributed by atoms with Gasteiger partial charge in [0, 0.05) is 32.1 Å². The van der Waals surface area contributed by atoms with E-state index in [9.17, 15) is 4.79 Å². The van der Waals surface area contributed by atoms with Gasteiger partial charge in [-0.1, -0.05) is 6.07 Å². The van der Waals surface area contributed by atoms with E-state index in [1.54, 1.807) is 6.20 Å². The highest BCUT2D eigenvalue weighted by Crippen LogP contribution is 2.32. The van der Waals surface area contributed by atoms with Crippen LogP contribution in [0.15, 0.2) is 30.6 Å². The van der Waals surface area contributed by atoms with E-state index in [2.05, 4.69) is 10.1 Å². The summed E-state index contributed by atoms with van der Waals surface area (Å²) in [4.78, 5) is 19.2. The first-order valence-corrected chi connectivity index (χ1v) is 9.00. The maximum absolute atomic E-state index is 12.9. The highest BCUT2D eigenvalue weighted by atomic mass is 16.5. The smallest absolute Gasteiger partial charge is 0.229 e. The predicted octanol–water partition coefficient (Wildman–Crippen LogP) is 1.91. The lowest BCUT2D eigenvalue weighted by Crippen LogP contribution is -2.43. The Hall–Kier alpha value is -2.21. The predicted molar refractivity (Wildman–Crippen MR) is 92.9 cm³/mol. The fourth-order valence-corrected chi connectivity index (χ4v) is 3.52. The Kier molecular flexibility index (Phi) is 4.53. The molecule has 132 valence electrons. The molecular weight excluding hydrogens is 316 g/mol. The van der Waals surface area contributed by atoms with Crippen molar-refractivity contribution < 1.29 is 9.53 Å². The lowest BCUT2D eigenvalue weighted by Gasteiger charge is -2.36. The lowest BCUT2D eigenvalue weighted by atomic mass is 9.99. The SMILES string of the molecule is Cn1ncc2c1[C@H](COCC1CC1)N(C(=O)Cc1ccccn1)CC2. The average molecular weight is 340 g/mol. The zero-order chi connectivity index (χ0) is 17.2. The summed E-state index contributed by atoms with van der Waals surface area (Å²) < 4.78 is 7.85. The first-order chi connectivity index (χ1) is 12.2. The van der Waals surface area contributed by atoms with Crippen LogP contribution in [0.3, 0.4) is 0 Å². The van der Waals surface area contributed by atoms with Crippen molar-refractivity contribution in [1.82, 2.24) is 19.7 Å². The lowest BCUT2D eigenvalue weighted by molar-refractivity contribution is -0.135. The van der Waals surface area contributed by atoms with Crippen LogP contribution in [0, 0.1) is 5.92 Å². The molecule has 0 spiro atoms. The fourth-order valence-electron chi connectivity index (χ4n) is 3.52. The van der Waals surface area contributed by atoms with Crippen LogP contribution in [0.2, 0.25) is 0 Å². The van der Waals surface area contributed by atoms with E-state index in [1.165, 1.54) is 18.4 Å². The van der Waals surface area contributed by atoms with Gasteiger partial charge in [0.05, 0.1) is 31.0 Å². The van der Waals surface area contributed by atoms with Crippen molar-refractivity contribution >= 4 is 5.91 Å². The van der Waals surface area contributed by atoms with Gasteiger partial charge in [-0.15, -0.1) is 0 Å². The van der Waals surface area contributed by atoms with E-state index in [0.29, 0.717) is 25.5 Å². The second-order valence-corrected chi connectivity index (χ2v) is 7.01. The molecule has 3 heterocycles. The van der Waals surface area contributed by atoms with Crippen LogP contribution in [0.5, 0.6) is 0 Å². The first kappa shape index (κ1) is 16.3. The monoisotopic (exact) mass is 340 g/mol. The topological polar surface area (TPSA) is 60.2 Å². The quantitative estimate of drug-likeness (QED) is 0.806. The molecule has 2 aromatic heterocycles. The van der Waals surface area contributed by atoms with E-state index in [4.69, 9.17) is 4.74 Å². The summed E-state index contributed by atoms with van der Waals surface area (Å²) in [7, 11) is 1.94. The van der Waals surface area contributed by atoms with Crippen molar-refractivity contribution in [3.05, 3.63) is 47.5 Å². The minimum absolute atomic E-state index is 0.0637. The minimum Gasteiger partial charge on any atom is -0.379 e. The maximum Gasteiger partial charge on any atom is 0.229 e. The molecule has 2 aliphatic rings. The Balaban J connectivity index is 1.51. The second-order valence-electron chi connectivity index (χ2n) is 7.01. The number of ether oxygens (including phenoxy) is 1. The molecule has 0 aromatic carbocycles. The summed E-state index contributed by atoms with van der Waals surface area (Å²) in [5.41, 5.74) is 3.14. The van der Waals surface area contributed by atoms with Gasteiger partial charge in [-0.25, -0.2) is 0 Å². The number of aryl methyl sites for hydroxylation is 1. The molecule has 1 amide bonds. The Morgan fingerprint density at radius 2 is 2.20 bits per heavy atom. The van der Waals surface area contributed by atoms with Crippen LogP contribution >= 0.6 is 0 Å². The number of rotatable bonds is 6. The number of fused-ring (bicyclic) bond motifs is 1. The van der Waals surface area contributed by atoms with E-state index in [1.807, 2.05) is 41.0 Å². The summed E-state index contributed by atoms with van der Waals surface area (Å²) >= 11 is 0. The van der Waals surface area contributed by atoms with Gasteiger partial charge in [-0.05, 0) is 42.9 Å². The molecule has 6 heteroatoms. The van der Waals surface area contributed by atoms with E-state index in [0.717, 1.165) is 24.4 Å². The van der Waals surface area contributed by atoms with Crippen molar-refractivity contribution in [2.75, 3.05) is 19.8 Å². The number of nitrogens with zero attached hydrogens (tertiary/aromatic N) is 4. The number of pyridine rings is 1. The molecule has 1 saturated carbocycles. The molecule has 0 saturated heterocycles. The number of carbonyl (C=O) groups excluding carboxylic acids is 1. The number of hydrogen-bond donors (Lipinski definition) is 0. The van der Waals surface area contributed by atoms with Crippen LogP contribution in [-0.4, -0.2) is 45.3 Å². The first-order valence-electron chi connectivity index (χ1n) is 9.00. The molecule has 0 radical (unpaired) electrons. The second kappa shape index (κ2) is 6.96. The van der Waals surface area contributed by atoms with Gasteiger partial charge in [0.25, 0.3) is 0 Å². The third-order valence-corrected chi connectivity index (χ3v) is 5.08. The summed E-state index contributed by atoms with van der Waals surface area (Å²) in [6.45, 7) is 2.05. The molecule has 1 fully saturated rings. The van der Waals surface area contributed by atoms with Crippen LogP contribution in [0.25, 0.3) is 0 Å². The Labute approximate surface area is 147 Å². The van der Waals surface area contributed by atoms with Gasteiger partial charge in [0.15, 0.2) is 0 Å². The molecule has 0 bridgehead atoms. The largest absolute Gasteiger partial charge is 0.379 e. The zero-order valence-electron chi connectivity index (χ0n) is 14.6. The standard InChI is InChI=1S/C19H24N4O2/c1-22-19-15(11-21-22)7-9-23(17(19)13-25-12-14-5-6-14)18(24)10-16-4-2-3-8-20-16/h2-4,8,11,14,17H,5-7,9-10,12-13H2,1H3/t17-/m0/s1. The van der Waals surface area contributed by atoms with Crippen molar-refractivity contribution in [3.8, 4) is 0 Å². The van der Waals surface area contributed by atoms with E-state index < -0.39 is 0 Å². The molecule has 4 rings (SSSR count). The van der Waals surface area contributed by atoms with Crippen molar-refractivity contribution in [3.63, 3.8) is 0 Å². The number of carbonyl (C=O) groups is 1. The molecule has 1 atom stereocenters. The Bertz CT molecular complexity index is 739. The minimum atomic E-state index is -0.0637. The van der Waals surface area contributed by atoms with Crippen molar-refractivity contribution in [2.45, 2.75) is 31.7 Å². The summed E-state index contributed by atoms with van der Waals surface area (Å²) in [5.74, 6) is 0.817. The van der Waals surface area contributed by atoms with E-state index in [-0.39, 0.29) is 11.9 Å².